The molecule has 1 nitrogen and oxygen atoms in total. The number of rotatable bonds is 3. The molecule has 4 fully saturated rings. The number of fused-ring (bicyclic) bond motifs is 9. The molecule has 4 bridgehead atoms. The van der Waals surface area contributed by atoms with Gasteiger partial charge >= 0.3 is 0 Å². The summed E-state index contributed by atoms with van der Waals surface area (Å²) in [6.45, 7) is 4.12. The molecule has 5 aliphatic rings. The predicted octanol–water partition coefficient (Wildman–Crippen LogP) is 12.0. The van der Waals surface area contributed by atoms with Gasteiger partial charge in [-0.3, -0.25) is 0 Å². The van der Waals surface area contributed by atoms with Crippen molar-refractivity contribution in [2.45, 2.75) is 37.5 Å². The van der Waals surface area contributed by atoms with Crippen LogP contribution in [0.4, 0.5) is 0 Å². The van der Waals surface area contributed by atoms with E-state index in [1.807, 2.05) is 6.08 Å². The highest BCUT2D eigenvalue weighted by atomic mass is 15.0. The van der Waals surface area contributed by atoms with E-state index >= 15 is 0 Å². The van der Waals surface area contributed by atoms with Crippen LogP contribution in [0.25, 0.3) is 66.6 Å². The summed E-state index contributed by atoms with van der Waals surface area (Å²) in [5.74, 6) is 3.40. The Balaban J connectivity index is 1.26. The smallest absolute Gasteiger partial charge is 0.0619 e. The van der Waals surface area contributed by atoms with Gasteiger partial charge in [-0.15, -0.1) is 0 Å². The Morgan fingerprint density at radius 1 is 0.617 bits per heavy atom. The van der Waals surface area contributed by atoms with Gasteiger partial charge in [0.05, 0.1) is 11.0 Å². The van der Waals surface area contributed by atoms with Gasteiger partial charge in [0.15, 0.2) is 0 Å². The zero-order chi connectivity index (χ0) is 30.9. The maximum Gasteiger partial charge on any atom is 0.0619 e. The predicted molar refractivity (Wildman–Crippen MR) is 197 cm³/mol. The number of aromatic nitrogens is 1. The monoisotopic (exact) mass is 603 g/mol. The minimum absolute atomic E-state index is 0.160. The summed E-state index contributed by atoms with van der Waals surface area (Å²) < 4.78 is 2.57. The first-order valence-corrected chi connectivity index (χ1v) is 17.7. The van der Waals surface area contributed by atoms with Crippen LogP contribution in [0.5, 0.6) is 0 Å². The number of benzene rings is 6. The first kappa shape index (κ1) is 26.2. The third kappa shape index (κ3) is 3.30. The molecule has 0 amide bonds. The van der Waals surface area contributed by atoms with Crippen molar-refractivity contribution in [3.63, 3.8) is 0 Å². The summed E-state index contributed by atoms with van der Waals surface area (Å²) >= 11 is 0. The van der Waals surface area contributed by atoms with Gasteiger partial charge in [-0.1, -0.05) is 116 Å². The Kier molecular flexibility index (Phi) is 5.22. The van der Waals surface area contributed by atoms with Crippen LogP contribution in [0.1, 0.15) is 48.8 Å². The topological polar surface area (TPSA) is 4.93 Å². The van der Waals surface area contributed by atoms with Crippen LogP contribution in [0.2, 0.25) is 0 Å². The highest BCUT2D eigenvalue weighted by molar-refractivity contribution is 6.23. The maximum atomic E-state index is 4.12. The maximum absolute atomic E-state index is 4.12. The van der Waals surface area contributed by atoms with Gasteiger partial charge in [-0.25, -0.2) is 0 Å². The molecule has 1 spiro atoms. The molecule has 226 valence electrons. The van der Waals surface area contributed by atoms with E-state index in [0.29, 0.717) is 0 Å². The number of hydrogen-bond donors (Lipinski definition) is 0. The van der Waals surface area contributed by atoms with Crippen LogP contribution in [0.3, 0.4) is 0 Å². The van der Waals surface area contributed by atoms with E-state index in [1.165, 1.54) is 92.6 Å². The molecule has 0 saturated heterocycles. The van der Waals surface area contributed by atoms with Crippen molar-refractivity contribution in [2.75, 3.05) is 0 Å². The van der Waals surface area contributed by atoms with Crippen molar-refractivity contribution >= 4 is 38.7 Å². The molecule has 47 heavy (non-hydrogen) atoms. The Morgan fingerprint density at radius 3 is 2.19 bits per heavy atom. The van der Waals surface area contributed by atoms with Crippen LogP contribution >= 0.6 is 0 Å². The van der Waals surface area contributed by atoms with Gasteiger partial charge in [0.25, 0.3) is 0 Å². The molecule has 0 N–H and O–H groups in total. The van der Waals surface area contributed by atoms with Gasteiger partial charge in [0.2, 0.25) is 0 Å². The van der Waals surface area contributed by atoms with E-state index in [-0.39, 0.29) is 5.41 Å². The molecular weight excluding hydrogens is 567 g/mol. The molecule has 0 unspecified atom stereocenters. The summed E-state index contributed by atoms with van der Waals surface area (Å²) in [5, 5.41) is 5.38. The molecule has 6 aromatic carbocycles. The van der Waals surface area contributed by atoms with E-state index in [1.54, 1.807) is 11.1 Å². The average Bonchev–Trinajstić information content (AvgIpc) is 3.61. The van der Waals surface area contributed by atoms with Crippen molar-refractivity contribution in [3.8, 4) is 27.9 Å². The third-order valence-corrected chi connectivity index (χ3v) is 12.9. The molecule has 0 aliphatic heterocycles. The lowest BCUT2D eigenvalue weighted by Gasteiger charge is -2.61. The van der Waals surface area contributed by atoms with E-state index in [4.69, 9.17) is 0 Å². The summed E-state index contributed by atoms with van der Waals surface area (Å²) in [5.41, 5.74) is 13.8. The second-order valence-electron chi connectivity index (χ2n) is 15.0. The fourth-order valence-corrected chi connectivity index (χ4v) is 11.5. The van der Waals surface area contributed by atoms with Crippen LogP contribution in [-0.4, -0.2) is 4.57 Å². The van der Waals surface area contributed by atoms with Crippen LogP contribution in [-0.2, 0) is 5.41 Å². The fraction of sp³-hybridized carbons (Fsp3) is 0.217. The van der Waals surface area contributed by atoms with Gasteiger partial charge in [0, 0.05) is 27.3 Å². The molecule has 1 heteroatoms. The lowest BCUT2D eigenvalue weighted by atomic mass is 9.43. The molecule has 1 aromatic heterocycles. The zero-order valence-corrected chi connectivity index (χ0v) is 26.6. The van der Waals surface area contributed by atoms with Crippen LogP contribution in [0, 0.1) is 23.7 Å². The van der Waals surface area contributed by atoms with Gasteiger partial charge in [-0.2, -0.15) is 0 Å². The number of nitrogens with zero attached hydrogens (tertiary/aromatic N) is 1. The largest absolute Gasteiger partial charge is 0.309 e. The van der Waals surface area contributed by atoms with Gasteiger partial charge < -0.3 is 4.57 Å². The Morgan fingerprint density at radius 2 is 1.36 bits per heavy atom. The SMILES string of the molecule is C=Cc1ccccc1-c1cccc(-n2c3ccc4c(c3c3ccc5ccccc5c32)-c2ccccc2C42C3CC4CC(C3)CC2C4)c1. The summed E-state index contributed by atoms with van der Waals surface area (Å²) in [4.78, 5) is 0. The number of hydrogen-bond acceptors (Lipinski definition) is 0. The minimum atomic E-state index is 0.160. The molecule has 1 heterocycles. The van der Waals surface area contributed by atoms with Crippen molar-refractivity contribution in [1.82, 2.24) is 4.57 Å². The first-order chi connectivity index (χ1) is 23.2. The highest BCUT2D eigenvalue weighted by Gasteiger charge is 2.61. The molecule has 4 saturated carbocycles. The molecule has 7 aromatic rings. The Hall–Kier alpha value is -4.88. The molecule has 0 atom stereocenters. The average molecular weight is 604 g/mol. The second kappa shape index (κ2) is 9.35. The third-order valence-electron chi connectivity index (χ3n) is 12.9. The summed E-state index contributed by atoms with van der Waals surface area (Å²) in [7, 11) is 0. The van der Waals surface area contributed by atoms with E-state index < -0.39 is 0 Å². The Bertz CT molecular complexity index is 2430. The van der Waals surface area contributed by atoms with Crippen LogP contribution in [0.15, 0.2) is 128 Å². The second-order valence-corrected chi connectivity index (χ2v) is 15.0. The van der Waals surface area contributed by atoms with Crippen molar-refractivity contribution in [2.24, 2.45) is 23.7 Å². The van der Waals surface area contributed by atoms with E-state index in [0.717, 1.165) is 29.2 Å². The normalized spacial score (nSPS) is 25.2. The quantitative estimate of drug-likeness (QED) is 0.189. The molecule has 0 radical (unpaired) electrons. The van der Waals surface area contributed by atoms with Crippen molar-refractivity contribution in [3.05, 3.63) is 145 Å². The lowest BCUT2D eigenvalue weighted by Crippen LogP contribution is -2.55. The first-order valence-electron chi connectivity index (χ1n) is 17.7. The van der Waals surface area contributed by atoms with Gasteiger partial charge in [0.1, 0.15) is 0 Å². The highest BCUT2D eigenvalue weighted by Crippen LogP contribution is 2.70. The summed E-state index contributed by atoms with van der Waals surface area (Å²) in [6, 6.07) is 46.1. The van der Waals surface area contributed by atoms with E-state index in [2.05, 4.69) is 132 Å². The standard InChI is InChI=1S/C46H37N/c1-2-30-10-3-5-14-36(30)32-12-9-13-35(27-32)47-42-21-20-41-43(44(42)39-19-18-31-11-4-6-15-37(31)45(39)47)38-16-7-8-17-40(38)46(41)33-23-28-22-29(25-33)26-34(46)24-28/h2-21,27-29,33-34H,1,22-26H2. The van der Waals surface area contributed by atoms with Crippen LogP contribution < -0.4 is 0 Å². The van der Waals surface area contributed by atoms with Crippen molar-refractivity contribution < 1.29 is 0 Å². The fourth-order valence-electron chi connectivity index (χ4n) is 11.5. The van der Waals surface area contributed by atoms with E-state index in [9.17, 15) is 0 Å². The van der Waals surface area contributed by atoms with Crippen molar-refractivity contribution in [1.29, 1.82) is 0 Å². The van der Waals surface area contributed by atoms with Gasteiger partial charge in [-0.05, 0) is 118 Å². The molecular formula is C46H37N. The summed E-state index contributed by atoms with van der Waals surface area (Å²) in [6.07, 6.45) is 9.08. The lowest BCUT2D eigenvalue weighted by molar-refractivity contribution is -0.0399. The zero-order valence-electron chi connectivity index (χ0n) is 26.6. The molecule has 5 aliphatic carbocycles. The minimum Gasteiger partial charge on any atom is -0.309 e. The Labute approximate surface area is 276 Å². The molecule has 12 rings (SSSR count).